The second-order valence-corrected chi connectivity index (χ2v) is 7.67. The topological polar surface area (TPSA) is 27.7 Å². The second kappa shape index (κ2) is 10.3. The Morgan fingerprint density at radius 3 is 1.65 bits per heavy atom. The van der Waals surface area contributed by atoms with Crippen LogP contribution in [0, 0.1) is 0 Å². The monoisotopic (exact) mass is 600 g/mol. The molecule has 20 heavy (non-hydrogen) atoms. The molecule has 0 spiro atoms. The molecule has 1 rings (SSSR count). The van der Waals surface area contributed by atoms with E-state index in [2.05, 4.69) is 79.6 Å². The van der Waals surface area contributed by atoms with Crippen LogP contribution in [0.1, 0.15) is 5.56 Å². The Bertz CT molecular complexity index is 424. The van der Waals surface area contributed by atoms with Crippen molar-refractivity contribution in [3.8, 4) is 0 Å². The van der Waals surface area contributed by atoms with E-state index in [1.807, 2.05) is 0 Å². The maximum absolute atomic E-state index is 5.63. The van der Waals surface area contributed by atoms with Crippen molar-refractivity contribution in [1.82, 2.24) is 0 Å². The molecule has 8 heteroatoms. The molecule has 0 aliphatic carbocycles. The lowest BCUT2D eigenvalue weighted by Gasteiger charge is -2.14. The molecular formula is C12H13Br5O3. The molecule has 1 aromatic rings. The molecule has 0 radical (unpaired) electrons. The molecule has 3 nitrogen and oxygen atoms in total. The number of hydrogen-bond acceptors (Lipinski definition) is 3. The number of rotatable bonds is 8. The quantitative estimate of drug-likeness (QED) is 0.217. The molecule has 0 N–H and O–H groups in total. The van der Waals surface area contributed by atoms with Gasteiger partial charge in [-0.25, -0.2) is 0 Å². The Balaban J connectivity index is 2.52. The maximum atomic E-state index is 5.63. The van der Waals surface area contributed by atoms with Crippen molar-refractivity contribution in [2.45, 2.75) is 6.61 Å². The molecule has 0 saturated heterocycles. The molecular weight excluding hydrogens is 592 g/mol. The van der Waals surface area contributed by atoms with Crippen LogP contribution in [-0.4, -0.2) is 33.5 Å². The smallest absolute Gasteiger partial charge is 0.0740 e. The van der Waals surface area contributed by atoms with Crippen molar-refractivity contribution in [2.75, 3.05) is 33.5 Å². The van der Waals surface area contributed by atoms with Crippen LogP contribution in [0.25, 0.3) is 0 Å². The fourth-order valence-corrected chi connectivity index (χ4v) is 4.67. The first-order valence-electron chi connectivity index (χ1n) is 5.65. The number of benzene rings is 1. The maximum Gasteiger partial charge on any atom is 0.0740 e. The highest BCUT2D eigenvalue weighted by atomic mass is 79.9. The van der Waals surface area contributed by atoms with E-state index in [0.29, 0.717) is 33.0 Å². The summed E-state index contributed by atoms with van der Waals surface area (Å²) in [5, 5.41) is 0. The van der Waals surface area contributed by atoms with Gasteiger partial charge in [-0.05, 0) is 79.6 Å². The number of ether oxygens (including phenoxy) is 3. The zero-order valence-electron chi connectivity index (χ0n) is 10.7. The summed E-state index contributed by atoms with van der Waals surface area (Å²) in [7, 11) is 1.65. The molecule has 0 atom stereocenters. The average molecular weight is 605 g/mol. The lowest BCUT2D eigenvalue weighted by Crippen LogP contribution is -2.08. The minimum Gasteiger partial charge on any atom is -0.382 e. The Morgan fingerprint density at radius 1 is 0.650 bits per heavy atom. The fraction of sp³-hybridized carbons (Fsp3) is 0.500. The molecule has 1 aromatic carbocycles. The third-order valence-electron chi connectivity index (χ3n) is 2.35. The van der Waals surface area contributed by atoms with Crippen molar-refractivity contribution >= 4 is 79.6 Å². The minimum absolute atomic E-state index is 0.485. The highest BCUT2D eigenvalue weighted by molar-refractivity contribution is 9.15. The van der Waals surface area contributed by atoms with Gasteiger partial charge >= 0.3 is 0 Å². The molecule has 0 aliphatic heterocycles. The Labute approximate surface area is 160 Å². The van der Waals surface area contributed by atoms with Gasteiger partial charge in [0.25, 0.3) is 0 Å². The van der Waals surface area contributed by atoms with Gasteiger partial charge in [0.05, 0.1) is 33.0 Å². The van der Waals surface area contributed by atoms with Gasteiger partial charge in [0.1, 0.15) is 0 Å². The minimum atomic E-state index is 0.485. The summed E-state index contributed by atoms with van der Waals surface area (Å²) in [4.78, 5) is 0. The van der Waals surface area contributed by atoms with E-state index in [9.17, 15) is 0 Å². The largest absolute Gasteiger partial charge is 0.382 e. The molecule has 0 bridgehead atoms. The van der Waals surface area contributed by atoms with Gasteiger partial charge in [-0.2, -0.15) is 0 Å². The first kappa shape index (κ1) is 19.5. The van der Waals surface area contributed by atoms with Gasteiger partial charge in [0, 0.05) is 35.0 Å². The van der Waals surface area contributed by atoms with Gasteiger partial charge in [-0.3, -0.25) is 0 Å². The van der Waals surface area contributed by atoms with Gasteiger partial charge < -0.3 is 14.2 Å². The summed E-state index contributed by atoms with van der Waals surface area (Å²) in [6.07, 6.45) is 0. The van der Waals surface area contributed by atoms with Gasteiger partial charge in [0.15, 0.2) is 0 Å². The van der Waals surface area contributed by atoms with Crippen molar-refractivity contribution in [2.24, 2.45) is 0 Å². The Morgan fingerprint density at radius 2 is 1.10 bits per heavy atom. The van der Waals surface area contributed by atoms with Crippen molar-refractivity contribution in [3.05, 3.63) is 27.9 Å². The Hall–Kier alpha value is 1.50. The van der Waals surface area contributed by atoms with Gasteiger partial charge in [-0.1, -0.05) is 0 Å². The summed E-state index contributed by atoms with van der Waals surface area (Å²) in [6, 6.07) is 0. The lowest BCUT2D eigenvalue weighted by atomic mass is 10.2. The van der Waals surface area contributed by atoms with Crippen molar-refractivity contribution in [1.29, 1.82) is 0 Å². The van der Waals surface area contributed by atoms with Crippen LogP contribution < -0.4 is 0 Å². The summed E-state index contributed by atoms with van der Waals surface area (Å²) < 4.78 is 20.6. The number of halogens is 5. The third kappa shape index (κ3) is 5.61. The van der Waals surface area contributed by atoms with Crippen LogP contribution >= 0.6 is 79.6 Å². The zero-order chi connectivity index (χ0) is 15.1. The summed E-state index contributed by atoms with van der Waals surface area (Å²) >= 11 is 17.7. The van der Waals surface area contributed by atoms with E-state index in [-0.39, 0.29) is 0 Å². The molecule has 0 fully saturated rings. The van der Waals surface area contributed by atoms with E-state index < -0.39 is 0 Å². The van der Waals surface area contributed by atoms with E-state index in [1.165, 1.54) is 0 Å². The highest BCUT2D eigenvalue weighted by Crippen LogP contribution is 2.44. The molecule has 0 aliphatic rings. The zero-order valence-corrected chi connectivity index (χ0v) is 18.6. The SMILES string of the molecule is COCCOCCOCc1c(Br)c(Br)c(Br)c(Br)c1Br. The van der Waals surface area contributed by atoms with E-state index in [0.717, 1.165) is 27.9 Å². The number of methoxy groups -OCH3 is 1. The van der Waals surface area contributed by atoms with Crippen molar-refractivity contribution in [3.63, 3.8) is 0 Å². The predicted octanol–water partition coefficient (Wildman–Crippen LogP) is 5.68. The standard InChI is InChI=1S/C12H13Br5O3/c1-18-2-3-19-4-5-20-6-7-8(13)10(15)12(17)11(16)9(7)14/h2-6H2,1H3. The Kier molecular flexibility index (Phi) is 10.1. The van der Waals surface area contributed by atoms with E-state index in [1.54, 1.807) is 7.11 Å². The fourth-order valence-electron chi connectivity index (χ4n) is 1.31. The van der Waals surface area contributed by atoms with Crippen LogP contribution in [0.15, 0.2) is 22.4 Å². The first-order valence-corrected chi connectivity index (χ1v) is 9.62. The average Bonchev–Trinajstić information content (AvgIpc) is 2.45. The molecule has 0 heterocycles. The van der Waals surface area contributed by atoms with Crippen molar-refractivity contribution < 1.29 is 14.2 Å². The summed E-state index contributed by atoms with van der Waals surface area (Å²) in [5.74, 6) is 0. The lowest BCUT2D eigenvalue weighted by molar-refractivity contribution is 0.0197. The molecule has 0 unspecified atom stereocenters. The second-order valence-electron chi connectivity index (χ2n) is 3.71. The van der Waals surface area contributed by atoms with Gasteiger partial charge in [-0.15, -0.1) is 0 Å². The van der Waals surface area contributed by atoms with E-state index in [4.69, 9.17) is 14.2 Å². The van der Waals surface area contributed by atoms with Gasteiger partial charge in [0.2, 0.25) is 0 Å². The van der Waals surface area contributed by atoms with E-state index >= 15 is 0 Å². The van der Waals surface area contributed by atoms with Crippen LogP contribution in [0.4, 0.5) is 0 Å². The third-order valence-corrected chi connectivity index (χ3v) is 8.61. The number of hydrogen-bond donors (Lipinski definition) is 0. The van der Waals surface area contributed by atoms with Crippen LogP contribution in [-0.2, 0) is 20.8 Å². The summed E-state index contributed by atoms with van der Waals surface area (Å²) in [6.45, 7) is 2.76. The first-order chi connectivity index (χ1) is 9.50. The predicted molar refractivity (Wildman–Crippen MR) is 97.3 cm³/mol. The van der Waals surface area contributed by atoms with Crippen LogP contribution in [0.2, 0.25) is 0 Å². The highest BCUT2D eigenvalue weighted by Gasteiger charge is 2.17. The summed E-state index contributed by atoms with van der Waals surface area (Å²) in [5.41, 5.74) is 1.03. The molecule has 0 saturated carbocycles. The molecule has 0 amide bonds. The normalized spacial score (nSPS) is 11.1. The van der Waals surface area contributed by atoms with Crippen LogP contribution in [0.5, 0.6) is 0 Å². The van der Waals surface area contributed by atoms with Crippen LogP contribution in [0.3, 0.4) is 0 Å². The molecule has 114 valence electrons. The molecule has 0 aromatic heterocycles.